The smallest absolute Gasteiger partial charge is 0.273 e. The topological polar surface area (TPSA) is 59.2 Å². The normalized spacial score (nSPS) is 13.8. The van der Waals surface area contributed by atoms with Gasteiger partial charge in [-0.15, -0.1) is 35.1 Å². The van der Waals surface area contributed by atoms with E-state index in [4.69, 9.17) is 5.73 Å². The molecule has 0 saturated heterocycles. The number of hydrogen-bond donors (Lipinski definition) is 1. The van der Waals surface area contributed by atoms with Gasteiger partial charge in [0.1, 0.15) is 5.69 Å². The molecule has 0 saturated carbocycles. The lowest BCUT2D eigenvalue weighted by atomic mass is 10.1. The quantitative estimate of drug-likeness (QED) is 0.940. The first kappa shape index (κ1) is 15.4. The van der Waals surface area contributed by atoms with Crippen LogP contribution in [-0.2, 0) is 19.4 Å². The van der Waals surface area contributed by atoms with Crippen LogP contribution < -0.4 is 5.73 Å². The highest BCUT2D eigenvalue weighted by Gasteiger charge is 2.23. The van der Waals surface area contributed by atoms with Gasteiger partial charge in [0.05, 0.1) is 5.01 Å². The summed E-state index contributed by atoms with van der Waals surface area (Å²) in [5, 5.41) is 4.89. The van der Waals surface area contributed by atoms with E-state index in [-0.39, 0.29) is 18.3 Å². The molecule has 0 aromatic carbocycles. The lowest BCUT2D eigenvalue weighted by molar-refractivity contribution is 0.0730. The Labute approximate surface area is 132 Å². The molecule has 1 amide bonds. The summed E-state index contributed by atoms with van der Waals surface area (Å²) in [5.74, 6) is 0.0383. The van der Waals surface area contributed by atoms with Crippen LogP contribution in [-0.4, -0.2) is 28.9 Å². The second-order valence-corrected chi connectivity index (χ2v) is 6.45. The number of carbonyl (C=O) groups excluding carboxylic acids is 1. The molecule has 108 valence electrons. The van der Waals surface area contributed by atoms with Crippen LogP contribution in [0.15, 0.2) is 16.8 Å². The van der Waals surface area contributed by atoms with Crippen molar-refractivity contribution in [2.75, 3.05) is 13.1 Å². The molecule has 0 radical (unpaired) electrons. The van der Waals surface area contributed by atoms with Crippen LogP contribution in [0.1, 0.15) is 25.9 Å². The number of nitrogens with two attached hydrogens (primary N) is 1. The summed E-state index contributed by atoms with van der Waals surface area (Å²) in [5.41, 5.74) is 7.34. The summed E-state index contributed by atoms with van der Waals surface area (Å²) in [7, 11) is 0. The Morgan fingerprint density at radius 3 is 3.10 bits per heavy atom. The molecule has 2 aromatic heterocycles. The van der Waals surface area contributed by atoms with E-state index in [1.54, 1.807) is 11.3 Å². The zero-order valence-corrected chi connectivity index (χ0v) is 13.3. The fraction of sp³-hybridized carbons (Fsp3) is 0.385. The van der Waals surface area contributed by atoms with Crippen LogP contribution in [0, 0.1) is 0 Å². The van der Waals surface area contributed by atoms with Crippen molar-refractivity contribution in [1.82, 2.24) is 9.88 Å². The molecule has 1 aliphatic rings. The lowest BCUT2D eigenvalue weighted by Gasteiger charge is -2.26. The third-order valence-electron chi connectivity index (χ3n) is 3.22. The minimum absolute atomic E-state index is 0. The molecule has 4 nitrogen and oxygen atoms in total. The van der Waals surface area contributed by atoms with Crippen LogP contribution >= 0.6 is 35.1 Å². The van der Waals surface area contributed by atoms with E-state index < -0.39 is 0 Å². The number of hydrogen-bond acceptors (Lipinski definition) is 5. The summed E-state index contributed by atoms with van der Waals surface area (Å²) in [4.78, 5) is 20.1. The molecule has 0 spiro atoms. The third-order valence-corrected chi connectivity index (χ3v) is 5.16. The largest absolute Gasteiger partial charge is 0.333 e. The molecular weight excluding hydrogens is 314 g/mol. The molecule has 3 rings (SSSR count). The van der Waals surface area contributed by atoms with Crippen LogP contribution in [0.3, 0.4) is 0 Å². The predicted octanol–water partition coefficient (Wildman–Crippen LogP) is 2.33. The highest BCUT2D eigenvalue weighted by molar-refractivity contribution is 7.10. The lowest BCUT2D eigenvalue weighted by Crippen LogP contribution is -2.35. The molecule has 7 heteroatoms. The molecule has 2 aromatic rings. The summed E-state index contributed by atoms with van der Waals surface area (Å²) >= 11 is 3.30. The standard InChI is InChI=1S/C13H15N3OS2.ClH/c14-4-1-12-15-10(8-19-12)13(17)16-5-2-11-9(7-16)3-6-18-11;/h3,6,8H,1-2,4-5,7,14H2;1H. The molecule has 0 unspecified atom stereocenters. The third kappa shape index (κ3) is 3.03. The Kier molecular flexibility index (Phi) is 5.15. The van der Waals surface area contributed by atoms with E-state index in [1.165, 1.54) is 21.8 Å². The Bertz CT molecular complexity index is 596. The number of halogens is 1. The van der Waals surface area contributed by atoms with Gasteiger partial charge in [-0.25, -0.2) is 4.98 Å². The van der Waals surface area contributed by atoms with Crippen LogP contribution in [0.25, 0.3) is 0 Å². The summed E-state index contributed by atoms with van der Waals surface area (Å²) in [6, 6.07) is 2.11. The molecule has 3 heterocycles. The van der Waals surface area contributed by atoms with Gasteiger partial charge >= 0.3 is 0 Å². The summed E-state index contributed by atoms with van der Waals surface area (Å²) < 4.78 is 0. The first-order chi connectivity index (χ1) is 9.28. The van der Waals surface area contributed by atoms with Crippen molar-refractivity contribution in [2.45, 2.75) is 19.4 Å². The molecule has 0 atom stereocenters. The Morgan fingerprint density at radius 2 is 2.30 bits per heavy atom. The highest BCUT2D eigenvalue weighted by atomic mass is 35.5. The van der Waals surface area contributed by atoms with Gasteiger partial charge in [0, 0.05) is 29.8 Å². The number of carbonyl (C=O) groups is 1. The van der Waals surface area contributed by atoms with E-state index in [0.717, 1.165) is 24.4 Å². The van der Waals surface area contributed by atoms with E-state index in [1.807, 2.05) is 10.3 Å². The molecule has 0 fully saturated rings. The molecule has 0 bridgehead atoms. The fourth-order valence-corrected chi connectivity index (χ4v) is 3.91. The number of amides is 1. The molecular formula is C13H16ClN3OS2. The zero-order valence-electron chi connectivity index (χ0n) is 10.9. The number of aromatic nitrogens is 1. The van der Waals surface area contributed by atoms with Gasteiger partial charge in [-0.1, -0.05) is 0 Å². The van der Waals surface area contributed by atoms with Crippen molar-refractivity contribution in [3.63, 3.8) is 0 Å². The van der Waals surface area contributed by atoms with Crippen LogP contribution in [0.5, 0.6) is 0 Å². The van der Waals surface area contributed by atoms with Gasteiger partial charge in [-0.2, -0.15) is 0 Å². The second-order valence-electron chi connectivity index (χ2n) is 4.51. The Hall–Kier alpha value is -0.950. The van der Waals surface area contributed by atoms with Gasteiger partial charge in [0.15, 0.2) is 0 Å². The summed E-state index contributed by atoms with van der Waals surface area (Å²) in [6.45, 7) is 2.07. The second kappa shape index (κ2) is 6.67. The van der Waals surface area contributed by atoms with E-state index >= 15 is 0 Å². The number of thiazole rings is 1. The van der Waals surface area contributed by atoms with Gasteiger partial charge in [-0.3, -0.25) is 4.79 Å². The average molecular weight is 330 g/mol. The molecule has 20 heavy (non-hydrogen) atoms. The van der Waals surface area contributed by atoms with Crippen molar-refractivity contribution in [1.29, 1.82) is 0 Å². The Balaban J connectivity index is 0.00000147. The maximum absolute atomic E-state index is 12.4. The first-order valence-corrected chi connectivity index (χ1v) is 8.03. The molecule has 2 N–H and O–H groups in total. The van der Waals surface area contributed by atoms with Crippen molar-refractivity contribution in [3.05, 3.63) is 38.0 Å². The van der Waals surface area contributed by atoms with E-state index in [2.05, 4.69) is 16.4 Å². The first-order valence-electron chi connectivity index (χ1n) is 6.27. The van der Waals surface area contributed by atoms with E-state index in [0.29, 0.717) is 18.8 Å². The monoisotopic (exact) mass is 329 g/mol. The van der Waals surface area contributed by atoms with Gasteiger partial charge < -0.3 is 10.6 Å². The van der Waals surface area contributed by atoms with Crippen molar-refractivity contribution in [2.24, 2.45) is 5.73 Å². The van der Waals surface area contributed by atoms with Crippen LogP contribution in [0.4, 0.5) is 0 Å². The number of nitrogens with zero attached hydrogens (tertiary/aromatic N) is 2. The van der Waals surface area contributed by atoms with Crippen molar-refractivity contribution >= 4 is 41.0 Å². The highest BCUT2D eigenvalue weighted by Crippen LogP contribution is 2.25. The van der Waals surface area contributed by atoms with Crippen LogP contribution in [0.2, 0.25) is 0 Å². The minimum atomic E-state index is 0. The van der Waals surface area contributed by atoms with Gasteiger partial charge in [0.25, 0.3) is 5.91 Å². The maximum atomic E-state index is 12.4. The SMILES string of the molecule is Cl.NCCc1nc(C(=O)N2CCc3sccc3C2)cs1. The number of thiophene rings is 1. The zero-order chi connectivity index (χ0) is 13.2. The van der Waals surface area contributed by atoms with Gasteiger partial charge in [-0.05, 0) is 30.0 Å². The average Bonchev–Trinajstić information content (AvgIpc) is 3.05. The van der Waals surface area contributed by atoms with E-state index in [9.17, 15) is 4.79 Å². The Morgan fingerprint density at radius 1 is 1.45 bits per heavy atom. The van der Waals surface area contributed by atoms with Gasteiger partial charge in [0.2, 0.25) is 0 Å². The molecule has 1 aliphatic heterocycles. The predicted molar refractivity (Wildman–Crippen MR) is 84.9 cm³/mol. The summed E-state index contributed by atoms with van der Waals surface area (Å²) in [6.07, 6.45) is 1.70. The van der Waals surface area contributed by atoms with Crippen molar-refractivity contribution < 1.29 is 4.79 Å². The maximum Gasteiger partial charge on any atom is 0.273 e. The fourth-order valence-electron chi connectivity index (χ4n) is 2.23. The minimum Gasteiger partial charge on any atom is -0.333 e. The number of rotatable bonds is 3. The van der Waals surface area contributed by atoms with Crippen molar-refractivity contribution in [3.8, 4) is 0 Å². The number of fused-ring (bicyclic) bond motifs is 1. The molecule has 0 aliphatic carbocycles.